The lowest BCUT2D eigenvalue weighted by atomic mass is 10.1. The minimum absolute atomic E-state index is 0.0579. The van der Waals surface area contributed by atoms with Crippen LogP contribution in [-0.2, 0) is 0 Å². The summed E-state index contributed by atoms with van der Waals surface area (Å²) in [6.07, 6.45) is 3.62. The van der Waals surface area contributed by atoms with E-state index < -0.39 is 0 Å². The molecule has 3 rings (SSSR count). The van der Waals surface area contributed by atoms with Crippen LogP contribution in [0, 0.1) is 0 Å². The number of nitrogens with zero attached hydrogens (tertiary/aromatic N) is 1. The molecular weight excluding hydrogens is 302 g/mol. The van der Waals surface area contributed by atoms with Gasteiger partial charge in [0.05, 0.1) is 4.47 Å². The van der Waals surface area contributed by atoms with Crippen molar-refractivity contribution in [3.05, 3.63) is 26.1 Å². The van der Waals surface area contributed by atoms with Crippen LogP contribution in [0.1, 0.15) is 19.3 Å². The van der Waals surface area contributed by atoms with E-state index in [4.69, 9.17) is 4.42 Å². The Morgan fingerprint density at radius 1 is 1.29 bits per heavy atom. The normalized spacial score (nSPS) is 16.6. The molecule has 17 heavy (non-hydrogen) atoms. The van der Waals surface area contributed by atoms with Gasteiger partial charge in [0.1, 0.15) is 4.70 Å². The molecule has 1 aliphatic heterocycles. The standard InChI is InChI=1S/C12H12BrNO2S/c13-8-7-17-12-9(15)6-10(16-11(8)12)14-4-2-1-3-5-14/h6-7H,1-5H2. The number of piperidine rings is 1. The number of thiophene rings is 1. The van der Waals surface area contributed by atoms with E-state index in [1.165, 1.54) is 30.6 Å². The van der Waals surface area contributed by atoms with E-state index in [1.807, 2.05) is 5.38 Å². The lowest BCUT2D eigenvalue weighted by Gasteiger charge is -2.26. The number of rotatable bonds is 1. The van der Waals surface area contributed by atoms with Crippen molar-refractivity contribution in [2.45, 2.75) is 19.3 Å². The predicted molar refractivity (Wildman–Crippen MR) is 74.1 cm³/mol. The summed E-state index contributed by atoms with van der Waals surface area (Å²) < 4.78 is 7.40. The van der Waals surface area contributed by atoms with Crippen LogP contribution in [0.25, 0.3) is 10.3 Å². The highest BCUT2D eigenvalue weighted by atomic mass is 79.9. The van der Waals surface area contributed by atoms with Crippen molar-refractivity contribution in [1.29, 1.82) is 0 Å². The fourth-order valence-corrected chi connectivity index (χ4v) is 3.63. The van der Waals surface area contributed by atoms with Crippen LogP contribution < -0.4 is 10.3 Å². The molecule has 0 unspecified atom stereocenters. The van der Waals surface area contributed by atoms with Gasteiger partial charge in [-0.1, -0.05) is 0 Å². The minimum Gasteiger partial charge on any atom is -0.438 e. The van der Waals surface area contributed by atoms with Gasteiger partial charge in [-0.3, -0.25) is 4.79 Å². The molecule has 1 aliphatic rings. The summed E-state index contributed by atoms with van der Waals surface area (Å²) in [6, 6.07) is 1.62. The maximum Gasteiger partial charge on any atom is 0.204 e. The van der Waals surface area contributed by atoms with Gasteiger partial charge in [0.15, 0.2) is 11.5 Å². The highest BCUT2D eigenvalue weighted by molar-refractivity contribution is 9.10. The van der Waals surface area contributed by atoms with Gasteiger partial charge in [-0.05, 0) is 35.2 Å². The zero-order valence-electron chi connectivity index (χ0n) is 9.24. The molecule has 0 radical (unpaired) electrons. The first-order valence-corrected chi connectivity index (χ1v) is 7.39. The summed E-state index contributed by atoms with van der Waals surface area (Å²) in [6.45, 7) is 1.96. The molecule has 1 fully saturated rings. The smallest absolute Gasteiger partial charge is 0.204 e. The molecule has 0 spiro atoms. The number of hydrogen-bond acceptors (Lipinski definition) is 4. The lowest BCUT2D eigenvalue weighted by Crippen LogP contribution is -2.29. The largest absolute Gasteiger partial charge is 0.438 e. The predicted octanol–water partition coefficient (Wildman–Crippen LogP) is 3.61. The summed E-state index contributed by atoms with van der Waals surface area (Å²) in [7, 11) is 0. The van der Waals surface area contributed by atoms with E-state index in [2.05, 4.69) is 20.8 Å². The number of halogens is 1. The van der Waals surface area contributed by atoms with Gasteiger partial charge in [-0.2, -0.15) is 0 Å². The Labute approximate surface area is 111 Å². The van der Waals surface area contributed by atoms with Crippen molar-refractivity contribution < 1.29 is 4.42 Å². The zero-order valence-corrected chi connectivity index (χ0v) is 11.6. The average molecular weight is 314 g/mol. The first kappa shape index (κ1) is 11.3. The SMILES string of the molecule is O=c1cc(N2CCCCC2)oc2c(Br)csc12. The average Bonchev–Trinajstić information content (AvgIpc) is 2.73. The topological polar surface area (TPSA) is 33.5 Å². The Hall–Kier alpha value is -0.810. The summed E-state index contributed by atoms with van der Waals surface area (Å²) in [4.78, 5) is 14.1. The Morgan fingerprint density at radius 2 is 2.06 bits per heavy atom. The van der Waals surface area contributed by atoms with E-state index in [-0.39, 0.29) is 5.43 Å². The van der Waals surface area contributed by atoms with Crippen molar-refractivity contribution in [2.24, 2.45) is 0 Å². The third-order valence-corrected chi connectivity index (χ3v) is 4.92. The van der Waals surface area contributed by atoms with Crippen molar-refractivity contribution in [2.75, 3.05) is 18.0 Å². The summed E-state index contributed by atoms with van der Waals surface area (Å²) in [5.41, 5.74) is 0.741. The number of hydrogen-bond donors (Lipinski definition) is 0. The van der Waals surface area contributed by atoms with Crippen LogP contribution in [0.5, 0.6) is 0 Å². The summed E-state index contributed by atoms with van der Waals surface area (Å²) in [5.74, 6) is 0.710. The molecule has 3 nitrogen and oxygen atoms in total. The van der Waals surface area contributed by atoms with Gasteiger partial charge in [0.25, 0.3) is 0 Å². The van der Waals surface area contributed by atoms with Gasteiger partial charge in [0.2, 0.25) is 5.43 Å². The molecule has 0 atom stereocenters. The molecule has 2 aromatic heterocycles. The third kappa shape index (κ3) is 2.02. The highest BCUT2D eigenvalue weighted by Gasteiger charge is 2.16. The first-order valence-electron chi connectivity index (χ1n) is 5.71. The summed E-state index contributed by atoms with van der Waals surface area (Å²) >= 11 is 4.84. The van der Waals surface area contributed by atoms with Crippen LogP contribution >= 0.6 is 27.3 Å². The van der Waals surface area contributed by atoms with Crippen molar-refractivity contribution in [1.82, 2.24) is 0 Å². The van der Waals surface area contributed by atoms with Crippen LogP contribution in [0.3, 0.4) is 0 Å². The van der Waals surface area contributed by atoms with Gasteiger partial charge in [-0.25, -0.2) is 0 Å². The molecule has 0 saturated carbocycles. The molecule has 0 aliphatic carbocycles. The van der Waals surface area contributed by atoms with Crippen molar-refractivity contribution in [3.8, 4) is 0 Å². The molecule has 0 N–H and O–H groups in total. The minimum atomic E-state index is 0.0579. The van der Waals surface area contributed by atoms with E-state index in [0.29, 0.717) is 16.2 Å². The third-order valence-electron chi connectivity index (χ3n) is 3.06. The molecule has 90 valence electrons. The maximum absolute atomic E-state index is 12.0. The molecule has 0 amide bonds. The van der Waals surface area contributed by atoms with E-state index in [1.54, 1.807) is 6.07 Å². The van der Waals surface area contributed by atoms with Crippen LogP contribution in [0.15, 0.2) is 25.1 Å². The number of anilines is 1. The lowest BCUT2D eigenvalue weighted by molar-refractivity contribution is 0.512. The van der Waals surface area contributed by atoms with Gasteiger partial charge < -0.3 is 9.32 Å². The van der Waals surface area contributed by atoms with E-state index >= 15 is 0 Å². The molecule has 0 aromatic carbocycles. The highest BCUT2D eigenvalue weighted by Crippen LogP contribution is 2.31. The van der Waals surface area contributed by atoms with Crippen LogP contribution in [0.2, 0.25) is 0 Å². The van der Waals surface area contributed by atoms with Gasteiger partial charge in [0, 0.05) is 24.5 Å². The molecule has 5 heteroatoms. The molecule has 1 saturated heterocycles. The summed E-state index contributed by atoms with van der Waals surface area (Å²) in [5, 5.41) is 1.90. The Balaban J connectivity index is 2.10. The van der Waals surface area contributed by atoms with Crippen molar-refractivity contribution in [3.63, 3.8) is 0 Å². The maximum atomic E-state index is 12.0. The molecule has 2 aromatic rings. The van der Waals surface area contributed by atoms with E-state index in [9.17, 15) is 4.79 Å². The molecule has 0 bridgehead atoms. The van der Waals surface area contributed by atoms with Crippen molar-refractivity contribution >= 4 is 43.4 Å². The molecule has 3 heterocycles. The first-order chi connectivity index (χ1) is 8.25. The van der Waals surface area contributed by atoms with Crippen LogP contribution in [0.4, 0.5) is 5.88 Å². The fourth-order valence-electron chi connectivity index (χ4n) is 2.17. The Morgan fingerprint density at radius 3 is 2.82 bits per heavy atom. The zero-order chi connectivity index (χ0) is 11.8. The van der Waals surface area contributed by atoms with Gasteiger partial charge >= 0.3 is 0 Å². The fraction of sp³-hybridized carbons (Fsp3) is 0.417. The molecular formula is C12H12BrNO2S. The van der Waals surface area contributed by atoms with Gasteiger partial charge in [-0.15, -0.1) is 11.3 Å². The second-order valence-corrected chi connectivity index (χ2v) is 5.97. The Kier molecular flexibility index (Phi) is 2.96. The van der Waals surface area contributed by atoms with Crippen LogP contribution in [-0.4, -0.2) is 13.1 Å². The number of fused-ring (bicyclic) bond motifs is 1. The monoisotopic (exact) mass is 313 g/mol. The van der Waals surface area contributed by atoms with E-state index in [0.717, 1.165) is 17.6 Å². The Bertz CT molecular complexity index is 598. The second kappa shape index (κ2) is 4.46. The second-order valence-electron chi connectivity index (χ2n) is 4.24. The quantitative estimate of drug-likeness (QED) is 0.806.